The minimum Gasteiger partial charge on any atom is -0.783 e. The molecule has 0 bridgehead atoms. The lowest BCUT2D eigenvalue weighted by Crippen LogP contribution is -2.43. The first-order valence-electron chi connectivity index (χ1n) is 7.53. The number of hydrogen-bond acceptors (Lipinski definition) is 6. The third-order valence-electron chi connectivity index (χ3n) is 3.68. The Balaban J connectivity index is 4.29. The summed E-state index contributed by atoms with van der Waals surface area (Å²) >= 11 is 0. The molecule has 0 aliphatic heterocycles. The van der Waals surface area contributed by atoms with Gasteiger partial charge in [-0.15, -0.1) is 6.58 Å². The van der Waals surface area contributed by atoms with Crippen LogP contribution in [0.15, 0.2) is 12.7 Å². The Morgan fingerprint density at radius 1 is 1.14 bits per heavy atom. The molecular formula is C16H32NO5-. The maximum atomic E-state index is 11.3. The molecule has 1 unspecified atom stereocenters. The fraction of sp³-hybridized carbons (Fsp3) is 0.875. The number of nitrogens with zero attached hydrogens (tertiary/aromatic N) is 1. The van der Waals surface area contributed by atoms with E-state index in [2.05, 4.69) is 6.58 Å². The molecule has 0 fully saturated rings. The lowest BCUT2D eigenvalue weighted by molar-refractivity contribution is -0.148. The molecule has 0 aromatic carbocycles. The Hall–Kier alpha value is -0.500. The molecule has 6 heteroatoms. The van der Waals surface area contributed by atoms with Crippen molar-refractivity contribution in [2.24, 2.45) is 5.92 Å². The van der Waals surface area contributed by atoms with Gasteiger partial charge in [-0.1, -0.05) is 6.08 Å². The molecule has 0 saturated carbocycles. The van der Waals surface area contributed by atoms with E-state index >= 15 is 0 Å². The first-order chi connectivity index (χ1) is 10.2. The predicted octanol–water partition coefficient (Wildman–Crippen LogP) is 2.43. The van der Waals surface area contributed by atoms with Gasteiger partial charge in [-0.2, -0.15) is 0 Å². The lowest BCUT2D eigenvalue weighted by Gasteiger charge is -2.40. The van der Waals surface area contributed by atoms with Crippen LogP contribution in [0.3, 0.4) is 0 Å². The highest BCUT2D eigenvalue weighted by Gasteiger charge is 2.31. The molecule has 0 rings (SSSR count). The van der Waals surface area contributed by atoms with E-state index in [4.69, 9.17) is 18.9 Å². The van der Waals surface area contributed by atoms with E-state index in [9.17, 15) is 5.21 Å². The zero-order valence-corrected chi connectivity index (χ0v) is 14.9. The Kier molecular flexibility index (Phi) is 10.1. The van der Waals surface area contributed by atoms with Gasteiger partial charge >= 0.3 is 0 Å². The van der Waals surface area contributed by atoms with Gasteiger partial charge in [0.05, 0.1) is 38.6 Å². The van der Waals surface area contributed by atoms with Crippen LogP contribution in [0.4, 0.5) is 0 Å². The van der Waals surface area contributed by atoms with Crippen molar-refractivity contribution in [2.75, 3.05) is 47.2 Å². The van der Waals surface area contributed by atoms with Gasteiger partial charge in [0.1, 0.15) is 5.72 Å². The van der Waals surface area contributed by atoms with Crippen molar-refractivity contribution in [2.45, 2.75) is 39.0 Å². The van der Waals surface area contributed by atoms with Crippen LogP contribution in [0, 0.1) is 11.1 Å². The highest BCUT2D eigenvalue weighted by molar-refractivity contribution is 4.80. The van der Waals surface area contributed by atoms with Crippen LogP contribution < -0.4 is 0 Å². The molecule has 6 nitrogen and oxygen atoms in total. The number of hydrogen-bond donors (Lipinski definition) is 0. The zero-order valence-electron chi connectivity index (χ0n) is 14.9. The van der Waals surface area contributed by atoms with E-state index in [1.54, 1.807) is 27.0 Å². The van der Waals surface area contributed by atoms with E-state index in [-0.39, 0.29) is 5.92 Å². The maximum absolute atomic E-state index is 11.3. The van der Waals surface area contributed by atoms with Crippen molar-refractivity contribution in [3.05, 3.63) is 17.9 Å². The van der Waals surface area contributed by atoms with Gasteiger partial charge in [0.15, 0.2) is 0 Å². The van der Waals surface area contributed by atoms with Crippen molar-refractivity contribution >= 4 is 0 Å². The number of ether oxygens (including phenoxy) is 4. The van der Waals surface area contributed by atoms with Gasteiger partial charge < -0.3 is 29.2 Å². The molecule has 0 saturated heterocycles. The summed E-state index contributed by atoms with van der Waals surface area (Å²) in [6, 6.07) is 0. The van der Waals surface area contributed by atoms with Crippen LogP contribution in [0.1, 0.15) is 27.7 Å². The van der Waals surface area contributed by atoms with E-state index in [0.29, 0.717) is 33.0 Å². The largest absolute Gasteiger partial charge is 0.783 e. The molecule has 1 atom stereocenters. The minimum absolute atomic E-state index is 0.0904. The summed E-state index contributed by atoms with van der Waals surface area (Å²) in [7, 11) is 3.10. The minimum atomic E-state index is -0.855. The molecule has 0 radical (unpaired) electrons. The molecule has 0 aromatic heterocycles. The number of hydroxylamine groups is 2. The highest BCUT2D eigenvalue weighted by atomic mass is 16.6. The third-order valence-corrected chi connectivity index (χ3v) is 3.68. The van der Waals surface area contributed by atoms with Crippen LogP contribution in [0.25, 0.3) is 0 Å². The molecule has 0 aromatic rings. The third kappa shape index (κ3) is 8.22. The van der Waals surface area contributed by atoms with Gasteiger partial charge in [-0.3, -0.25) is 0 Å². The van der Waals surface area contributed by atoms with Crippen LogP contribution in [-0.4, -0.2) is 63.6 Å². The van der Waals surface area contributed by atoms with Crippen molar-refractivity contribution in [1.82, 2.24) is 5.06 Å². The Bertz CT molecular complexity index is 305. The quantitative estimate of drug-likeness (QED) is 0.225. The van der Waals surface area contributed by atoms with Crippen molar-refractivity contribution in [3.63, 3.8) is 0 Å². The van der Waals surface area contributed by atoms with E-state index in [0.717, 1.165) is 5.06 Å². The van der Waals surface area contributed by atoms with Gasteiger partial charge in [-0.25, -0.2) is 0 Å². The first kappa shape index (κ1) is 21.5. The van der Waals surface area contributed by atoms with E-state index < -0.39 is 11.3 Å². The van der Waals surface area contributed by atoms with Gasteiger partial charge in [0.25, 0.3) is 0 Å². The second-order valence-electron chi connectivity index (χ2n) is 6.22. The Labute approximate surface area is 134 Å². The number of methoxy groups -OCH3 is 1. The molecule has 0 N–H and O–H groups in total. The predicted molar refractivity (Wildman–Crippen MR) is 87.6 cm³/mol. The molecule has 0 amide bonds. The Morgan fingerprint density at radius 3 is 2.23 bits per heavy atom. The van der Waals surface area contributed by atoms with Crippen molar-refractivity contribution < 1.29 is 18.9 Å². The normalized spacial score (nSPS) is 14.4. The number of rotatable bonds is 13. The Morgan fingerprint density at radius 2 is 1.73 bits per heavy atom. The molecular weight excluding hydrogens is 286 g/mol. The topological polar surface area (TPSA) is 63.2 Å². The van der Waals surface area contributed by atoms with Crippen molar-refractivity contribution in [3.8, 4) is 0 Å². The lowest BCUT2D eigenvalue weighted by atomic mass is 9.92. The van der Waals surface area contributed by atoms with E-state index in [1.165, 1.54) is 7.05 Å². The zero-order chi connectivity index (χ0) is 17.2. The highest BCUT2D eigenvalue weighted by Crippen LogP contribution is 2.23. The molecule has 22 heavy (non-hydrogen) atoms. The molecule has 0 heterocycles. The second kappa shape index (κ2) is 10.3. The maximum Gasteiger partial charge on any atom is 0.104 e. The molecule has 0 aliphatic carbocycles. The van der Waals surface area contributed by atoms with Crippen LogP contribution in [0.2, 0.25) is 0 Å². The average Bonchev–Trinajstić information content (AvgIpc) is 2.42. The first-order valence-corrected chi connectivity index (χ1v) is 7.53. The van der Waals surface area contributed by atoms with Crippen LogP contribution in [-0.2, 0) is 18.9 Å². The standard InChI is InChI=1S/C16H32NO5/c1-8-9-20-13-14(12-19-7)15(2,3)21-10-11-22-16(4,5)17(6)18/h8,14H,1,9-13H2,2-7H3/q-1. The molecule has 0 aliphatic rings. The molecule has 132 valence electrons. The second-order valence-corrected chi connectivity index (χ2v) is 6.22. The summed E-state index contributed by atoms with van der Waals surface area (Å²) in [5.41, 5.74) is -1.28. The monoisotopic (exact) mass is 318 g/mol. The van der Waals surface area contributed by atoms with Crippen molar-refractivity contribution in [1.29, 1.82) is 0 Å². The summed E-state index contributed by atoms with van der Waals surface area (Å²) in [5, 5.41) is 12.1. The van der Waals surface area contributed by atoms with Gasteiger partial charge in [0, 0.05) is 13.0 Å². The summed E-state index contributed by atoms with van der Waals surface area (Å²) in [6.45, 7) is 13.4. The van der Waals surface area contributed by atoms with E-state index in [1.807, 2.05) is 13.8 Å². The smallest absolute Gasteiger partial charge is 0.104 e. The SMILES string of the molecule is C=CCOCC(COC)C(C)(C)OCCOC(C)(C)N(C)[O-]. The fourth-order valence-corrected chi connectivity index (χ4v) is 1.75. The summed E-state index contributed by atoms with van der Waals surface area (Å²) in [5.74, 6) is 0.0904. The van der Waals surface area contributed by atoms with Crippen LogP contribution >= 0.6 is 0 Å². The van der Waals surface area contributed by atoms with Gasteiger partial charge in [0.2, 0.25) is 0 Å². The summed E-state index contributed by atoms with van der Waals surface area (Å²) < 4.78 is 22.2. The summed E-state index contributed by atoms with van der Waals surface area (Å²) in [6.07, 6.45) is 1.72. The average molecular weight is 318 g/mol. The van der Waals surface area contributed by atoms with Gasteiger partial charge in [-0.05, 0) is 34.7 Å². The molecule has 0 spiro atoms. The summed E-state index contributed by atoms with van der Waals surface area (Å²) in [4.78, 5) is 0. The fourth-order valence-electron chi connectivity index (χ4n) is 1.75. The van der Waals surface area contributed by atoms with Crippen LogP contribution in [0.5, 0.6) is 0 Å².